The van der Waals surface area contributed by atoms with Gasteiger partial charge in [0.25, 0.3) is 0 Å². The van der Waals surface area contributed by atoms with Crippen LogP contribution < -0.4 is 10.6 Å². The van der Waals surface area contributed by atoms with Crippen LogP contribution in [0.5, 0.6) is 0 Å². The molecule has 2 amide bonds. The van der Waals surface area contributed by atoms with Crippen LogP contribution in [0.25, 0.3) is 0 Å². The van der Waals surface area contributed by atoms with Gasteiger partial charge in [0.05, 0.1) is 12.5 Å². The summed E-state index contributed by atoms with van der Waals surface area (Å²) in [6.07, 6.45) is 0.382. The number of nitrogens with one attached hydrogen (secondary N) is 2. The third kappa shape index (κ3) is 5.07. The van der Waals surface area contributed by atoms with Crippen molar-refractivity contribution in [2.75, 3.05) is 13.7 Å². The van der Waals surface area contributed by atoms with Gasteiger partial charge in [-0.15, -0.1) is 0 Å². The van der Waals surface area contributed by atoms with Crippen LogP contribution in [0.4, 0.5) is 4.79 Å². The third-order valence-electron chi connectivity index (χ3n) is 3.34. The summed E-state index contributed by atoms with van der Waals surface area (Å²) < 4.78 is 4.60. The van der Waals surface area contributed by atoms with E-state index in [1.165, 1.54) is 7.11 Å². The molecule has 0 aromatic heterocycles. The maximum absolute atomic E-state index is 11.7. The zero-order valence-electron chi connectivity index (χ0n) is 12.6. The lowest BCUT2D eigenvalue weighted by Gasteiger charge is -2.25. The van der Waals surface area contributed by atoms with Crippen LogP contribution in [-0.2, 0) is 14.3 Å². The Morgan fingerprint density at radius 3 is 2.20 bits per heavy atom. The van der Waals surface area contributed by atoms with Crippen molar-refractivity contribution < 1.29 is 24.2 Å². The number of carboxylic acids is 1. The zero-order valence-corrected chi connectivity index (χ0v) is 12.6. The first kappa shape index (κ1) is 18.2. The minimum absolute atomic E-state index is 0.0172. The number of esters is 1. The highest BCUT2D eigenvalue weighted by molar-refractivity contribution is 5.84. The molecule has 0 spiro atoms. The first-order valence-electron chi connectivity index (χ1n) is 6.53. The number of hydrogen-bond donors (Lipinski definition) is 3. The van der Waals surface area contributed by atoms with Crippen LogP contribution in [0.2, 0.25) is 0 Å². The standard InChI is InChI=1S/C13H24N2O5/c1-6-13(4,11(17)18)7-14-12(19)15-9(8(2)3)10(16)20-5/h8-9H,6-7H2,1-5H3,(H,17,18)(H2,14,15,19). The molecular formula is C13H24N2O5. The quantitative estimate of drug-likeness (QED) is 0.606. The van der Waals surface area contributed by atoms with Gasteiger partial charge in [-0.1, -0.05) is 20.8 Å². The van der Waals surface area contributed by atoms with Crippen LogP contribution in [0.15, 0.2) is 0 Å². The van der Waals surface area contributed by atoms with Gasteiger partial charge in [-0.3, -0.25) is 4.79 Å². The van der Waals surface area contributed by atoms with Gasteiger partial charge in [0.2, 0.25) is 0 Å². The van der Waals surface area contributed by atoms with E-state index in [0.29, 0.717) is 6.42 Å². The lowest BCUT2D eigenvalue weighted by molar-refractivity contribution is -0.148. The van der Waals surface area contributed by atoms with E-state index in [-0.39, 0.29) is 12.5 Å². The van der Waals surface area contributed by atoms with Crippen molar-refractivity contribution in [3.05, 3.63) is 0 Å². The van der Waals surface area contributed by atoms with Gasteiger partial charge in [0.1, 0.15) is 6.04 Å². The second-order valence-electron chi connectivity index (χ2n) is 5.29. The molecule has 0 heterocycles. The lowest BCUT2D eigenvalue weighted by Crippen LogP contribution is -2.51. The summed E-state index contributed by atoms with van der Waals surface area (Å²) in [6.45, 7) is 6.82. The summed E-state index contributed by atoms with van der Waals surface area (Å²) in [4.78, 5) is 34.3. The van der Waals surface area contributed by atoms with Crippen molar-refractivity contribution in [2.24, 2.45) is 11.3 Å². The number of aliphatic carboxylic acids is 1. The van der Waals surface area contributed by atoms with Crippen molar-refractivity contribution in [2.45, 2.75) is 40.2 Å². The summed E-state index contributed by atoms with van der Waals surface area (Å²) in [6, 6.07) is -1.35. The molecule has 0 rings (SSSR count). The van der Waals surface area contributed by atoms with Gasteiger partial charge >= 0.3 is 18.0 Å². The summed E-state index contributed by atoms with van der Waals surface area (Å²) in [5, 5.41) is 14.1. The minimum atomic E-state index is -1.03. The Morgan fingerprint density at radius 2 is 1.85 bits per heavy atom. The number of carbonyl (C=O) groups excluding carboxylic acids is 2. The Hall–Kier alpha value is -1.79. The topological polar surface area (TPSA) is 105 Å². The predicted octanol–water partition coefficient (Wildman–Crippen LogP) is 0.984. The van der Waals surface area contributed by atoms with E-state index in [9.17, 15) is 14.4 Å². The summed E-state index contributed by atoms with van der Waals surface area (Å²) in [5.74, 6) is -1.65. The highest BCUT2D eigenvalue weighted by Crippen LogP contribution is 2.19. The normalized spacial score (nSPS) is 15.1. The fourth-order valence-electron chi connectivity index (χ4n) is 1.44. The molecule has 0 aliphatic rings. The number of urea groups is 1. The maximum atomic E-state index is 11.7. The van der Waals surface area contributed by atoms with Crippen molar-refractivity contribution in [3.8, 4) is 0 Å². The zero-order chi connectivity index (χ0) is 15.9. The largest absolute Gasteiger partial charge is 0.481 e. The van der Waals surface area contributed by atoms with Crippen LogP contribution in [0, 0.1) is 11.3 Å². The molecule has 3 N–H and O–H groups in total. The second-order valence-corrected chi connectivity index (χ2v) is 5.29. The van der Waals surface area contributed by atoms with E-state index in [0.717, 1.165) is 0 Å². The maximum Gasteiger partial charge on any atom is 0.328 e. The highest BCUT2D eigenvalue weighted by Gasteiger charge is 2.32. The molecular weight excluding hydrogens is 264 g/mol. The van der Waals surface area contributed by atoms with Gasteiger partial charge in [-0.05, 0) is 19.3 Å². The van der Waals surface area contributed by atoms with Crippen LogP contribution in [-0.4, -0.2) is 42.8 Å². The molecule has 0 aliphatic carbocycles. The van der Waals surface area contributed by atoms with Gasteiger partial charge < -0.3 is 20.5 Å². The van der Waals surface area contributed by atoms with E-state index in [4.69, 9.17) is 5.11 Å². The summed E-state index contributed by atoms with van der Waals surface area (Å²) >= 11 is 0. The van der Waals surface area contributed by atoms with Gasteiger partial charge in [0, 0.05) is 6.54 Å². The molecule has 0 bridgehead atoms. The van der Waals surface area contributed by atoms with Crippen LogP contribution >= 0.6 is 0 Å². The lowest BCUT2D eigenvalue weighted by atomic mass is 9.88. The fourth-order valence-corrected chi connectivity index (χ4v) is 1.44. The van der Waals surface area contributed by atoms with Crippen LogP contribution in [0.3, 0.4) is 0 Å². The monoisotopic (exact) mass is 288 g/mol. The first-order chi connectivity index (χ1) is 9.17. The van der Waals surface area contributed by atoms with Gasteiger partial charge in [-0.2, -0.15) is 0 Å². The minimum Gasteiger partial charge on any atom is -0.481 e. The average molecular weight is 288 g/mol. The number of methoxy groups -OCH3 is 1. The van der Waals surface area contributed by atoms with E-state index in [1.54, 1.807) is 27.7 Å². The molecule has 0 aromatic rings. The second kappa shape index (κ2) is 7.72. The Kier molecular flexibility index (Phi) is 7.02. The Morgan fingerprint density at radius 1 is 1.30 bits per heavy atom. The van der Waals surface area contributed by atoms with Gasteiger partial charge in [0.15, 0.2) is 0 Å². The molecule has 20 heavy (non-hydrogen) atoms. The number of amides is 2. The van der Waals surface area contributed by atoms with Crippen molar-refractivity contribution in [3.63, 3.8) is 0 Å². The molecule has 2 atom stereocenters. The first-order valence-corrected chi connectivity index (χ1v) is 6.53. The van der Waals surface area contributed by atoms with Gasteiger partial charge in [-0.25, -0.2) is 9.59 Å². The molecule has 0 aliphatic heterocycles. The molecule has 7 nitrogen and oxygen atoms in total. The van der Waals surface area contributed by atoms with E-state index >= 15 is 0 Å². The molecule has 0 aromatic carbocycles. The third-order valence-corrected chi connectivity index (χ3v) is 3.34. The predicted molar refractivity (Wildman–Crippen MR) is 73.2 cm³/mol. The number of ether oxygens (including phenoxy) is 1. The Balaban J connectivity index is 4.55. The number of hydrogen-bond acceptors (Lipinski definition) is 4. The number of carboxylic acid groups (broad SMARTS) is 1. The molecule has 0 saturated heterocycles. The molecule has 7 heteroatoms. The number of carbonyl (C=O) groups is 3. The van der Waals surface area contributed by atoms with E-state index in [1.807, 2.05) is 0 Å². The highest BCUT2D eigenvalue weighted by atomic mass is 16.5. The number of rotatable bonds is 7. The summed E-state index contributed by atoms with van der Waals surface area (Å²) in [7, 11) is 1.25. The van der Waals surface area contributed by atoms with Crippen molar-refractivity contribution in [1.29, 1.82) is 0 Å². The molecule has 2 unspecified atom stereocenters. The Bertz CT molecular complexity index is 370. The summed E-state index contributed by atoms with van der Waals surface area (Å²) in [5.41, 5.74) is -1.03. The van der Waals surface area contributed by atoms with Crippen molar-refractivity contribution in [1.82, 2.24) is 10.6 Å². The van der Waals surface area contributed by atoms with Crippen molar-refractivity contribution >= 4 is 18.0 Å². The van der Waals surface area contributed by atoms with E-state index in [2.05, 4.69) is 15.4 Å². The molecule has 0 fully saturated rings. The Labute approximate surface area is 119 Å². The SMILES string of the molecule is CCC(C)(CNC(=O)NC(C(=O)OC)C(C)C)C(=O)O. The average Bonchev–Trinajstić information content (AvgIpc) is 2.40. The molecule has 0 radical (unpaired) electrons. The van der Waals surface area contributed by atoms with Crippen LogP contribution in [0.1, 0.15) is 34.1 Å². The van der Waals surface area contributed by atoms with E-state index < -0.39 is 29.4 Å². The molecule has 0 saturated carbocycles. The molecule has 116 valence electrons. The smallest absolute Gasteiger partial charge is 0.328 e. The fraction of sp³-hybridized carbons (Fsp3) is 0.769.